The molecule has 5 heteroatoms. The van der Waals surface area contributed by atoms with Gasteiger partial charge in [0.15, 0.2) is 0 Å². The van der Waals surface area contributed by atoms with E-state index in [1.165, 1.54) is 4.88 Å². The molecule has 0 saturated carbocycles. The molecule has 0 aliphatic carbocycles. The Bertz CT molecular complexity index is 336. The van der Waals surface area contributed by atoms with Gasteiger partial charge < -0.3 is 10.1 Å². The highest BCUT2D eigenvalue weighted by Gasteiger charge is 2.13. The van der Waals surface area contributed by atoms with E-state index in [1.807, 2.05) is 5.51 Å². The van der Waals surface area contributed by atoms with Crippen LogP contribution >= 0.6 is 11.3 Å². The van der Waals surface area contributed by atoms with Crippen LogP contribution in [0.2, 0.25) is 0 Å². The van der Waals surface area contributed by atoms with Crippen molar-refractivity contribution in [1.82, 2.24) is 15.2 Å². The van der Waals surface area contributed by atoms with Crippen LogP contribution in [0.4, 0.5) is 0 Å². The fourth-order valence-corrected chi connectivity index (χ4v) is 2.73. The molecule has 0 spiro atoms. The molecule has 2 heterocycles. The van der Waals surface area contributed by atoms with E-state index in [4.69, 9.17) is 4.74 Å². The van der Waals surface area contributed by atoms with E-state index in [2.05, 4.69) is 29.0 Å². The average molecular weight is 255 g/mol. The summed E-state index contributed by atoms with van der Waals surface area (Å²) in [5.74, 6) is 0. The third-order valence-electron chi connectivity index (χ3n) is 3.09. The highest BCUT2D eigenvalue weighted by molar-refractivity contribution is 7.09. The van der Waals surface area contributed by atoms with Gasteiger partial charge in [-0.05, 0) is 13.8 Å². The van der Waals surface area contributed by atoms with Gasteiger partial charge in [0.1, 0.15) is 0 Å². The maximum absolute atomic E-state index is 5.35. The molecule has 0 amide bonds. The van der Waals surface area contributed by atoms with E-state index in [1.54, 1.807) is 11.3 Å². The van der Waals surface area contributed by atoms with Crippen molar-refractivity contribution >= 4 is 11.3 Å². The molecule has 96 valence electrons. The molecule has 0 radical (unpaired) electrons. The van der Waals surface area contributed by atoms with Gasteiger partial charge in [-0.2, -0.15) is 0 Å². The monoisotopic (exact) mass is 255 g/mol. The summed E-state index contributed by atoms with van der Waals surface area (Å²) in [6.07, 6.45) is 0. The second kappa shape index (κ2) is 6.44. The Kier molecular flexibility index (Phi) is 4.91. The van der Waals surface area contributed by atoms with Crippen molar-refractivity contribution in [2.45, 2.75) is 26.4 Å². The lowest BCUT2D eigenvalue weighted by Crippen LogP contribution is -2.44. The van der Waals surface area contributed by atoms with Gasteiger partial charge in [-0.25, -0.2) is 4.98 Å². The summed E-state index contributed by atoms with van der Waals surface area (Å²) < 4.78 is 5.35. The molecule has 1 aromatic heterocycles. The largest absolute Gasteiger partial charge is 0.379 e. The third-order valence-corrected chi connectivity index (χ3v) is 4.03. The summed E-state index contributed by atoms with van der Waals surface area (Å²) >= 11 is 1.73. The fourth-order valence-electron chi connectivity index (χ4n) is 2.00. The molecule has 1 aliphatic heterocycles. The molecule has 1 fully saturated rings. The molecule has 4 nitrogen and oxygen atoms in total. The first-order chi connectivity index (χ1) is 8.25. The Morgan fingerprint density at radius 1 is 1.53 bits per heavy atom. The standard InChI is InChI=1S/C12H21N3OS/c1-10(8-15-3-5-16-6-4-15)13-7-12-11(2)14-9-17-12/h9-10,13H,3-8H2,1-2H3. The van der Waals surface area contributed by atoms with Gasteiger partial charge >= 0.3 is 0 Å². The van der Waals surface area contributed by atoms with Crippen LogP contribution in [-0.2, 0) is 11.3 Å². The fraction of sp³-hybridized carbons (Fsp3) is 0.750. The minimum Gasteiger partial charge on any atom is -0.379 e. The van der Waals surface area contributed by atoms with Crippen LogP contribution in [0, 0.1) is 6.92 Å². The third kappa shape index (κ3) is 4.03. The van der Waals surface area contributed by atoms with Gasteiger partial charge in [-0.15, -0.1) is 11.3 Å². The molecule has 2 rings (SSSR count). The van der Waals surface area contributed by atoms with E-state index in [0.29, 0.717) is 6.04 Å². The van der Waals surface area contributed by atoms with Crippen LogP contribution in [0.1, 0.15) is 17.5 Å². The number of hydrogen-bond donors (Lipinski definition) is 1. The summed E-state index contributed by atoms with van der Waals surface area (Å²) in [7, 11) is 0. The number of morpholine rings is 1. The summed E-state index contributed by atoms with van der Waals surface area (Å²) in [5, 5.41) is 3.56. The topological polar surface area (TPSA) is 37.4 Å². The molecular formula is C12H21N3OS. The zero-order chi connectivity index (χ0) is 12.1. The molecule has 1 saturated heterocycles. The summed E-state index contributed by atoms with van der Waals surface area (Å²) in [6, 6.07) is 0.509. The maximum atomic E-state index is 5.35. The van der Waals surface area contributed by atoms with Gasteiger partial charge in [0.05, 0.1) is 24.4 Å². The average Bonchev–Trinajstić information content (AvgIpc) is 2.74. The van der Waals surface area contributed by atoms with Crippen LogP contribution in [0.3, 0.4) is 0 Å². The lowest BCUT2D eigenvalue weighted by atomic mass is 10.2. The number of hydrogen-bond acceptors (Lipinski definition) is 5. The number of thiazole rings is 1. The Morgan fingerprint density at radius 2 is 2.29 bits per heavy atom. The number of nitrogens with zero attached hydrogens (tertiary/aromatic N) is 2. The first-order valence-corrected chi connectivity index (χ1v) is 7.06. The number of aromatic nitrogens is 1. The summed E-state index contributed by atoms with van der Waals surface area (Å²) in [6.45, 7) is 10.2. The maximum Gasteiger partial charge on any atom is 0.0798 e. The number of rotatable bonds is 5. The van der Waals surface area contributed by atoms with Crippen LogP contribution in [0.5, 0.6) is 0 Å². The van der Waals surface area contributed by atoms with Crippen LogP contribution in [-0.4, -0.2) is 48.8 Å². The quantitative estimate of drug-likeness (QED) is 0.859. The second-order valence-electron chi connectivity index (χ2n) is 4.56. The van der Waals surface area contributed by atoms with E-state index < -0.39 is 0 Å². The SMILES string of the molecule is Cc1ncsc1CNC(C)CN1CCOCC1. The Balaban J connectivity index is 1.70. The zero-order valence-corrected chi connectivity index (χ0v) is 11.4. The molecule has 1 aromatic rings. The highest BCUT2D eigenvalue weighted by Crippen LogP contribution is 2.11. The minimum absolute atomic E-state index is 0.509. The Morgan fingerprint density at radius 3 is 2.94 bits per heavy atom. The lowest BCUT2D eigenvalue weighted by molar-refractivity contribution is 0.0343. The molecule has 17 heavy (non-hydrogen) atoms. The van der Waals surface area contributed by atoms with Crippen molar-refractivity contribution in [2.75, 3.05) is 32.8 Å². The van der Waals surface area contributed by atoms with Crippen LogP contribution in [0.15, 0.2) is 5.51 Å². The number of aryl methyl sites for hydroxylation is 1. The van der Waals surface area contributed by atoms with E-state index in [9.17, 15) is 0 Å². The van der Waals surface area contributed by atoms with Crippen molar-refractivity contribution in [3.8, 4) is 0 Å². The van der Waals surface area contributed by atoms with Gasteiger partial charge in [0.25, 0.3) is 0 Å². The zero-order valence-electron chi connectivity index (χ0n) is 10.6. The Hall–Kier alpha value is -0.490. The van der Waals surface area contributed by atoms with Crippen molar-refractivity contribution in [3.05, 3.63) is 16.1 Å². The smallest absolute Gasteiger partial charge is 0.0798 e. The van der Waals surface area contributed by atoms with Crippen molar-refractivity contribution < 1.29 is 4.74 Å². The molecule has 1 aliphatic rings. The molecule has 0 bridgehead atoms. The molecule has 1 N–H and O–H groups in total. The van der Waals surface area contributed by atoms with Gasteiger partial charge in [0.2, 0.25) is 0 Å². The summed E-state index contributed by atoms with van der Waals surface area (Å²) in [5.41, 5.74) is 3.07. The van der Waals surface area contributed by atoms with Crippen molar-refractivity contribution in [2.24, 2.45) is 0 Å². The van der Waals surface area contributed by atoms with E-state index in [0.717, 1.165) is 45.1 Å². The Labute approximate surface area is 107 Å². The normalized spacial score (nSPS) is 19.4. The van der Waals surface area contributed by atoms with E-state index in [-0.39, 0.29) is 0 Å². The minimum atomic E-state index is 0.509. The summed E-state index contributed by atoms with van der Waals surface area (Å²) in [4.78, 5) is 8.07. The predicted molar refractivity (Wildman–Crippen MR) is 70.4 cm³/mol. The van der Waals surface area contributed by atoms with Gasteiger partial charge in [-0.1, -0.05) is 0 Å². The second-order valence-corrected chi connectivity index (χ2v) is 5.50. The van der Waals surface area contributed by atoms with Crippen molar-refractivity contribution in [3.63, 3.8) is 0 Å². The van der Waals surface area contributed by atoms with E-state index >= 15 is 0 Å². The van der Waals surface area contributed by atoms with Gasteiger partial charge in [-0.3, -0.25) is 4.90 Å². The molecular weight excluding hydrogens is 234 g/mol. The number of nitrogens with one attached hydrogen (secondary N) is 1. The lowest BCUT2D eigenvalue weighted by Gasteiger charge is -2.29. The first-order valence-electron chi connectivity index (χ1n) is 6.18. The van der Waals surface area contributed by atoms with Crippen molar-refractivity contribution in [1.29, 1.82) is 0 Å². The molecule has 1 atom stereocenters. The molecule has 0 aromatic carbocycles. The predicted octanol–water partition coefficient (Wildman–Crippen LogP) is 1.26. The highest BCUT2D eigenvalue weighted by atomic mass is 32.1. The molecule has 1 unspecified atom stereocenters. The van der Waals surface area contributed by atoms with Gasteiger partial charge in [0, 0.05) is 37.1 Å². The van der Waals surface area contributed by atoms with Crippen LogP contribution < -0.4 is 5.32 Å². The number of ether oxygens (including phenoxy) is 1. The first kappa shape index (κ1) is 13.0. The van der Waals surface area contributed by atoms with Crippen LogP contribution in [0.25, 0.3) is 0 Å².